The molecule has 1 amide bonds. The summed E-state index contributed by atoms with van der Waals surface area (Å²) in [5, 5.41) is 3.50. The van der Waals surface area contributed by atoms with Gasteiger partial charge in [0.1, 0.15) is 0 Å². The van der Waals surface area contributed by atoms with Crippen molar-refractivity contribution in [2.24, 2.45) is 0 Å². The molecule has 0 aliphatic rings. The van der Waals surface area contributed by atoms with Crippen molar-refractivity contribution >= 4 is 23.2 Å². The van der Waals surface area contributed by atoms with Gasteiger partial charge in [0.15, 0.2) is 0 Å². The van der Waals surface area contributed by atoms with Gasteiger partial charge in [0.2, 0.25) is 5.91 Å². The summed E-state index contributed by atoms with van der Waals surface area (Å²) in [7, 11) is 0. The predicted molar refractivity (Wildman–Crippen MR) is 67.9 cm³/mol. The van der Waals surface area contributed by atoms with Gasteiger partial charge in [-0.25, -0.2) is 0 Å². The lowest BCUT2D eigenvalue weighted by molar-refractivity contribution is -0.117. The average molecular weight is 241 g/mol. The molecular weight excluding hydrogens is 224 g/mol. The molecule has 16 heavy (non-hydrogen) atoms. The second-order valence-electron chi connectivity index (χ2n) is 3.52. The molecule has 88 valence electrons. The first-order valence-electron chi connectivity index (χ1n) is 5.43. The maximum Gasteiger partial charge on any atom is 0.238 e. The second kappa shape index (κ2) is 6.51. The van der Waals surface area contributed by atoms with Crippen LogP contribution >= 0.6 is 11.6 Å². The number of hydrogen-bond donors (Lipinski definition) is 1. The number of carbonyl (C=O) groups is 1. The van der Waals surface area contributed by atoms with Gasteiger partial charge in [0, 0.05) is 10.7 Å². The number of benzene rings is 1. The zero-order chi connectivity index (χ0) is 12.0. The Kier molecular flexibility index (Phi) is 5.29. The van der Waals surface area contributed by atoms with Gasteiger partial charge in [-0.05, 0) is 37.4 Å². The molecule has 0 unspecified atom stereocenters. The fourth-order valence-corrected chi connectivity index (χ4v) is 1.51. The largest absolute Gasteiger partial charge is 0.325 e. The fraction of sp³-hybridized carbons (Fsp3) is 0.417. The molecule has 1 N–H and O–H groups in total. The summed E-state index contributed by atoms with van der Waals surface area (Å²) >= 11 is 5.76. The van der Waals surface area contributed by atoms with Gasteiger partial charge in [-0.1, -0.05) is 25.4 Å². The van der Waals surface area contributed by atoms with Gasteiger partial charge in [0.25, 0.3) is 0 Å². The standard InChI is InChI=1S/C12H17ClN2O/c1-3-15(4-2)9-12(16)14-11-7-5-10(13)6-8-11/h5-8H,3-4,9H2,1-2H3,(H,14,16). The van der Waals surface area contributed by atoms with E-state index in [4.69, 9.17) is 11.6 Å². The van der Waals surface area contributed by atoms with Crippen molar-refractivity contribution in [2.45, 2.75) is 13.8 Å². The van der Waals surface area contributed by atoms with Crippen molar-refractivity contribution in [3.8, 4) is 0 Å². The van der Waals surface area contributed by atoms with Crippen molar-refractivity contribution < 1.29 is 4.79 Å². The SMILES string of the molecule is CCN(CC)CC(=O)Nc1ccc(Cl)cc1. The Morgan fingerprint density at radius 2 is 1.81 bits per heavy atom. The first-order chi connectivity index (χ1) is 7.65. The van der Waals surface area contributed by atoms with Crippen LogP contribution in [0, 0.1) is 0 Å². The van der Waals surface area contributed by atoms with E-state index in [1.165, 1.54) is 0 Å². The molecule has 0 saturated carbocycles. The van der Waals surface area contributed by atoms with Gasteiger partial charge in [-0.2, -0.15) is 0 Å². The molecule has 0 fully saturated rings. The molecule has 0 bridgehead atoms. The van der Waals surface area contributed by atoms with E-state index in [9.17, 15) is 4.79 Å². The van der Waals surface area contributed by atoms with E-state index < -0.39 is 0 Å². The van der Waals surface area contributed by atoms with Gasteiger partial charge in [-0.15, -0.1) is 0 Å². The second-order valence-corrected chi connectivity index (χ2v) is 3.95. The summed E-state index contributed by atoms with van der Waals surface area (Å²) in [6.45, 7) is 6.27. The van der Waals surface area contributed by atoms with Crippen molar-refractivity contribution in [3.63, 3.8) is 0 Å². The molecule has 3 nitrogen and oxygen atoms in total. The average Bonchev–Trinajstić information content (AvgIpc) is 2.29. The number of halogens is 1. The first kappa shape index (κ1) is 13.0. The third kappa shape index (κ3) is 4.21. The van der Waals surface area contributed by atoms with E-state index in [-0.39, 0.29) is 5.91 Å². The molecule has 0 saturated heterocycles. The van der Waals surface area contributed by atoms with Crippen LogP contribution in [0.2, 0.25) is 5.02 Å². The number of hydrogen-bond acceptors (Lipinski definition) is 2. The molecule has 0 aliphatic carbocycles. The van der Waals surface area contributed by atoms with E-state index in [2.05, 4.69) is 10.2 Å². The van der Waals surface area contributed by atoms with E-state index in [0.29, 0.717) is 11.6 Å². The third-order valence-electron chi connectivity index (χ3n) is 2.39. The molecule has 1 aromatic rings. The van der Waals surface area contributed by atoms with Crippen LogP contribution in [-0.4, -0.2) is 30.4 Å². The first-order valence-corrected chi connectivity index (χ1v) is 5.81. The molecule has 0 atom stereocenters. The highest BCUT2D eigenvalue weighted by molar-refractivity contribution is 6.30. The Hall–Kier alpha value is -1.06. The Bertz CT molecular complexity index is 333. The summed E-state index contributed by atoms with van der Waals surface area (Å²) in [5.74, 6) is 0.00558. The molecule has 0 heterocycles. The Morgan fingerprint density at radius 3 is 2.31 bits per heavy atom. The summed E-state index contributed by atoms with van der Waals surface area (Å²) in [6.07, 6.45) is 0. The minimum atomic E-state index is 0.00558. The van der Waals surface area contributed by atoms with Gasteiger partial charge in [-0.3, -0.25) is 9.69 Å². The van der Waals surface area contributed by atoms with Crippen LogP contribution < -0.4 is 5.32 Å². The van der Waals surface area contributed by atoms with E-state index in [0.717, 1.165) is 18.8 Å². The minimum Gasteiger partial charge on any atom is -0.325 e. The van der Waals surface area contributed by atoms with Crippen LogP contribution in [0.5, 0.6) is 0 Å². The number of carbonyl (C=O) groups excluding carboxylic acids is 1. The lowest BCUT2D eigenvalue weighted by Gasteiger charge is -2.17. The van der Waals surface area contributed by atoms with Crippen LogP contribution in [0.3, 0.4) is 0 Å². The van der Waals surface area contributed by atoms with Crippen molar-refractivity contribution in [2.75, 3.05) is 25.0 Å². The zero-order valence-electron chi connectivity index (χ0n) is 9.66. The van der Waals surface area contributed by atoms with Crippen LogP contribution in [0.15, 0.2) is 24.3 Å². The summed E-state index contributed by atoms with van der Waals surface area (Å²) in [6, 6.07) is 7.11. The smallest absolute Gasteiger partial charge is 0.238 e. The highest BCUT2D eigenvalue weighted by Gasteiger charge is 2.06. The van der Waals surface area contributed by atoms with Gasteiger partial charge in [0.05, 0.1) is 6.54 Å². The minimum absolute atomic E-state index is 0.00558. The monoisotopic (exact) mass is 240 g/mol. The van der Waals surface area contributed by atoms with Gasteiger partial charge >= 0.3 is 0 Å². The van der Waals surface area contributed by atoms with Crippen molar-refractivity contribution in [1.82, 2.24) is 4.90 Å². The topological polar surface area (TPSA) is 32.3 Å². The Morgan fingerprint density at radius 1 is 1.25 bits per heavy atom. The van der Waals surface area contributed by atoms with Crippen LogP contribution in [0.25, 0.3) is 0 Å². The van der Waals surface area contributed by atoms with Crippen LogP contribution in [0.1, 0.15) is 13.8 Å². The molecule has 0 radical (unpaired) electrons. The number of likely N-dealkylation sites (N-methyl/N-ethyl adjacent to an activating group) is 1. The predicted octanol–water partition coefficient (Wildman–Crippen LogP) is 2.62. The maximum atomic E-state index is 11.6. The summed E-state index contributed by atoms with van der Waals surface area (Å²) in [5.41, 5.74) is 0.779. The third-order valence-corrected chi connectivity index (χ3v) is 2.64. The zero-order valence-corrected chi connectivity index (χ0v) is 10.4. The molecule has 0 aromatic heterocycles. The van der Waals surface area contributed by atoms with Gasteiger partial charge < -0.3 is 5.32 Å². The molecule has 4 heteroatoms. The molecular formula is C12H17ClN2O. The maximum absolute atomic E-state index is 11.6. The van der Waals surface area contributed by atoms with E-state index in [1.54, 1.807) is 24.3 Å². The number of nitrogens with one attached hydrogen (secondary N) is 1. The molecule has 0 aliphatic heterocycles. The molecule has 1 rings (SSSR count). The van der Waals surface area contributed by atoms with Crippen LogP contribution in [0.4, 0.5) is 5.69 Å². The Labute approximate surface area is 101 Å². The quantitative estimate of drug-likeness (QED) is 0.858. The summed E-state index contributed by atoms with van der Waals surface area (Å²) in [4.78, 5) is 13.7. The number of anilines is 1. The number of rotatable bonds is 5. The number of amides is 1. The summed E-state index contributed by atoms with van der Waals surface area (Å²) < 4.78 is 0. The fourth-order valence-electron chi connectivity index (χ4n) is 1.38. The highest BCUT2D eigenvalue weighted by atomic mass is 35.5. The molecule has 0 spiro atoms. The Balaban J connectivity index is 2.48. The van der Waals surface area contributed by atoms with Crippen LogP contribution in [-0.2, 0) is 4.79 Å². The lowest BCUT2D eigenvalue weighted by Crippen LogP contribution is -2.32. The number of nitrogens with zero attached hydrogens (tertiary/aromatic N) is 1. The van der Waals surface area contributed by atoms with E-state index >= 15 is 0 Å². The highest BCUT2D eigenvalue weighted by Crippen LogP contribution is 2.13. The molecule has 1 aromatic carbocycles. The lowest BCUT2D eigenvalue weighted by atomic mass is 10.3. The van der Waals surface area contributed by atoms with E-state index in [1.807, 2.05) is 13.8 Å². The van der Waals surface area contributed by atoms with Crippen molar-refractivity contribution in [1.29, 1.82) is 0 Å². The van der Waals surface area contributed by atoms with Crippen molar-refractivity contribution in [3.05, 3.63) is 29.3 Å². The normalized spacial score (nSPS) is 10.5.